The van der Waals surface area contributed by atoms with Gasteiger partial charge in [-0.1, -0.05) is 39.5 Å². The minimum atomic E-state index is -0.327. The number of carbonyl (C=O) groups is 1. The summed E-state index contributed by atoms with van der Waals surface area (Å²) in [5.41, 5.74) is 4.11. The fourth-order valence-electron chi connectivity index (χ4n) is 2.49. The van der Waals surface area contributed by atoms with Crippen LogP contribution in [-0.4, -0.2) is 20.4 Å². The van der Waals surface area contributed by atoms with Crippen LogP contribution in [0.1, 0.15) is 26.3 Å². The first-order valence-corrected chi connectivity index (χ1v) is 7.77. The highest BCUT2D eigenvalue weighted by Crippen LogP contribution is 2.25. The maximum absolute atomic E-state index is 11.3. The summed E-state index contributed by atoms with van der Waals surface area (Å²) in [5.74, 6) is -0.0558. The Labute approximate surface area is 141 Å². The molecule has 1 amide bonds. The van der Waals surface area contributed by atoms with E-state index in [0.717, 1.165) is 16.7 Å². The summed E-state index contributed by atoms with van der Waals surface area (Å²) < 4.78 is 2.03. The van der Waals surface area contributed by atoms with Gasteiger partial charge in [0.1, 0.15) is 0 Å². The van der Waals surface area contributed by atoms with Crippen LogP contribution in [-0.2, 0) is 10.2 Å². The molecule has 3 aromatic rings. The average molecular weight is 320 g/mol. The monoisotopic (exact) mass is 320 g/mol. The molecule has 1 N–H and O–H groups in total. The van der Waals surface area contributed by atoms with Crippen LogP contribution in [0, 0.1) is 0 Å². The second kappa shape index (κ2) is 5.92. The molecule has 0 atom stereocenters. The van der Waals surface area contributed by atoms with E-state index in [4.69, 9.17) is 0 Å². The number of nitrogens with zero attached hydrogens (tertiary/aromatic N) is 3. The molecule has 122 valence electrons. The molecular weight excluding hydrogens is 300 g/mol. The summed E-state index contributed by atoms with van der Waals surface area (Å²) in [7, 11) is 0. The van der Waals surface area contributed by atoms with Crippen LogP contribution < -0.4 is 5.32 Å². The van der Waals surface area contributed by atoms with Gasteiger partial charge in [-0.25, -0.2) is 9.97 Å². The third kappa shape index (κ3) is 3.06. The van der Waals surface area contributed by atoms with E-state index in [1.54, 1.807) is 6.20 Å². The molecule has 0 aliphatic rings. The SMILES string of the molecule is C=CC(=O)Nc1ncc2c(ccn2-c2ccc(C(C)(C)C)cc2)n1. The second-order valence-corrected chi connectivity index (χ2v) is 6.64. The number of hydrogen-bond acceptors (Lipinski definition) is 3. The van der Waals surface area contributed by atoms with Crippen molar-refractivity contribution < 1.29 is 4.79 Å². The smallest absolute Gasteiger partial charge is 0.250 e. The Balaban J connectivity index is 1.96. The quantitative estimate of drug-likeness (QED) is 0.746. The van der Waals surface area contributed by atoms with Crippen molar-refractivity contribution >= 4 is 22.9 Å². The molecular formula is C19H20N4O. The van der Waals surface area contributed by atoms with Gasteiger partial charge in [-0.2, -0.15) is 0 Å². The number of anilines is 1. The lowest BCUT2D eigenvalue weighted by Crippen LogP contribution is -2.11. The summed E-state index contributed by atoms with van der Waals surface area (Å²) in [6, 6.07) is 10.4. The van der Waals surface area contributed by atoms with Gasteiger partial charge in [0.15, 0.2) is 0 Å². The Hall–Kier alpha value is -2.95. The number of hydrogen-bond donors (Lipinski definition) is 1. The van der Waals surface area contributed by atoms with Gasteiger partial charge in [-0.3, -0.25) is 10.1 Å². The third-order valence-corrected chi connectivity index (χ3v) is 3.87. The maximum atomic E-state index is 11.3. The van der Waals surface area contributed by atoms with E-state index in [2.05, 4.69) is 66.9 Å². The number of nitrogens with one attached hydrogen (secondary N) is 1. The van der Waals surface area contributed by atoms with Crippen molar-refractivity contribution in [1.29, 1.82) is 0 Å². The van der Waals surface area contributed by atoms with Crippen molar-refractivity contribution in [3.63, 3.8) is 0 Å². The Morgan fingerprint density at radius 1 is 1.21 bits per heavy atom. The van der Waals surface area contributed by atoms with Crippen molar-refractivity contribution in [3.05, 3.63) is 60.9 Å². The molecule has 0 aliphatic carbocycles. The lowest BCUT2D eigenvalue weighted by atomic mass is 9.87. The summed E-state index contributed by atoms with van der Waals surface area (Å²) >= 11 is 0. The minimum absolute atomic E-state index is 0.124. The van der Waals surface area contributed by atoms with Crippen LogP contribution in [0.15, 0.2) is 55.4 Å². The van der Waals surface area contributed by atoms with E-state index >= 15 is 0 Å². The Morgan fingerprint density at radius 3 is 2.54 bits per heavy atom. The molecule has 24 heavy (non-hydrogen) atoms. The predicted octanol–water partition coefficient (Wildman–Crippen LogP) is 3.84. The van der Waals surface area contributed by atoms with Gasteiger partial charge >= 0.3 is 0 Å². The second-order valence-electron chi connectivity index (χ2n) is 6.64. The molecule has 0 bridgehead atoms. The molecule has 0 saturated heterocycles. The summed E-state index contributed by atoms with van der Waals surface area (Å²) in [4.78, 5) is 19.9. The fourth-order valence-corrected chi connectivity index (χ4v) is 2.49. The largest absolute Gasteiger partial charge is 0.314 e. The van der Waals surface area contributed by atoms with Gasteiger partial charge in [0, 0.05) is 11.9 Å². The van der Waals surface area contributed by atoms with Crippen LogP contribution in [0.25, 0.3) is 16.7 Å². The summed E-state index contributed by atoms with van der Waals surface area (Å²) in [6.07, 6.45) is 4.85. The number of carbonyl (C=O) groups excluding carboxylic acids is 1. The van der Waals surface area contributed by atoms with Crippen LogP contribution >= 0.6 is 0 Å². The lowest BCUT2D eigenvalue weighted by Gasteiger charge is -2.19. The van der Waals surface area contributed by atoms with E-state index in [0.29, 0.717) is 0 Å². The van der Waals surface area contributed by atoms with E-state index in [9.17, 15) is 4.79 Å². The van der Waals surface area contributed by atoms with E-state index in [1.165, 1.54) is 11.6 Å². The predicted molar refractivity (Wildman–Crippen MR) is 96.4 cm³/mol. The zero-order valence-electron chi connectivity index (χ0n) is 14.1. The molecule has 5 heteroatoms. The van der Waals surface area contributed by atoms with Crippen molar-refractivity contribution in [2.75, 3.05) is 5.32 Å². The number of benzene rings is 1. The topological polar surface area (TPSA) is 59.8 Å². The van der Waals surface area contributed by atoms with Crippen molar-refractivity contribution in [1.82, 2.24) is 14.5 Å². The highest BCUT2D eigenvalue weighted by Gasteiger charge is 2.14. The molecule has 0 fully saturated rings. The molecule has 2 aromatic heterocycles. The summed E-state index contributed by atoms with van der Waals surface area (Å²) in [5, 5.41) is 2.57. The zero-order chi connectivity index (χ0) is 17.3. The molecule has 1 aromatic carbocycles. The van der Waals surface area contributed by atoms with E-state index in [-0.39, 0.29) is 17.3 Å². The van der Waals surface area contributed by atoms with Gasteiger partial charge in [-0.15, -0.1) is 0 Å². The first-order chi connectivity index (χ1) is 11.4. The van der Waals surface area contributed by atoms with Crippen LogP contribution in [0.5, 0.6) is 0 Å². The van der Waals surface area contributed by atoms with Gasteiger partial charge in [0.25, 0.3) is 0 Å². The Bertz CT molecular complexity index is 901. The third-order valence-electron chi connectivity index (χ3n) is 3.87. The highest BCUT2D eigenvalue weighted by molar-refractivity contribution is 5.98. The lowest BCUT2D eigenvalue weighted by molar-refractivity contribution is -0.111. The molecule has 3 rings (SSSR count). The number of aromatic nitrogens is 3. The standard InChI is InChI=1S/C19H20N4O/c1-5-17(24)22-18-20-12-16-15(21-18)10-11-23(16)14-8-6-13(7-9-14)19(2,3)4/h5-12H,1H2,2-4H3,(H,20,21,22,24). The van der Waals surface area contributed by atoms with Crippen LogP contribution in [0.2, 0.25) is 0 Å². The number of rotatable bonds is 3. The molecule has 2 heterocycles. The number of amides is 1. The molecule has 0 spiro atoms. The van der Waals surface area contributed by atoms with Crippen molar-refractivity contribution in [2.24, 2.45) is 0 Å². The van der Waals surface area contributed by atoms with Gasteiger partial charge in [0.05, 0.1) is 17.2 Å². The maximum Gasteiger partial charge on any atom is 0.250 e. The van der Waals surface area contributed by atoms with E-state index < -0.39 is 0 Å². The van der Waals surface area contributed by atoms with Crippen LogP contribution in [0.4, 0.5) is 5.95 Å². The Kier molecular flexibility index (Phi) is 3.93. The molecule has 0 saturated carbocycles. The highest BCUT2D eigenvalue weighted by atomic mass is 16.1. The van der Waals surface area contributed by atoms with Crippen molar-refractivity contribution in [2.45, 2.75) is 26.2 Å². The molecule has 0 radical (unpaired) electrons. The zero-order valence-corrected chi connectivity index (χ0v) is 14.1. The molecule has 0 unspecified atom stereocenters. The molecule has 0 aliphatic heterocycles. The normalized spacial score (nSPS) is 11.5. The summed E-state index contributed by atoms with van der Waals surface area (Å²) in [6.45, 7) is 10.00. The van der Waals surface area contributed by atoms with E-state index in [1.807, 2.05) is 16.8 Å². The fraction of sp³-hybridized carbons (Fsp3) is 0.211. The van der Waals surface area contributed by atoms with Gasteiger partial charge < -0.3 is 4.57 Å². The minimum Gasteiger partial charge on any atom is -0.314 e. The van der Waals surface area contributed by atoms with Gasteiger partial charge in [0.2, 0.25) is 11.9 Å². The Morgan fingerprint density at radius 2 is 1.92 bits per heavy atom. The van der Waals surface area contributed by atoms with Crippen molar-refractivity contribution in [3.8, 4) is 5.69 Å². The number of fused-ring (bicyclic) bond motifs is 1. The first kappa shape index (κ1) is 15.9. The first-order valence-electron chi connectivity index (χ1n) is 7.77. The van der Waals surface area contributed by atoms with Crippen LogP contribution in [0.3, 0.4) is 0 Å². The molecule has 5 nitrogen and oxygen atoms in total. The average Bonchev–Trinajstić information content (AvgIpc) is 2.97. The van der Waals surface area contributed by atoms with Gasteiger partial charge in [-0.05, 0) is 35.3 Å².